The SMILES string of the molecule is CC(Oc1ccc(-c2ccccc2)cc1)C(=O)Nc1ccc(NC(=O)c2ccc(C(C)(C)C)cc2)cc1. The average Bonchev–Trinajstić information content (AvgIpc) is 2.90. The monoisotopic (exact) mass is 492 g/mol. The molecule has 5 heteroatoms. The number of hydrogen-bond donors (Lipinski definition) is 2. The quantitative estimate of drug-likeness (QED) is 0.284. The van der Waals surface area contributed by atoms with E-state index in [2.05, 4.69) is 31.4 Å². The van der Waals surface area contributed by atoms with Gasteiger partial charge in [0.25, 0.3) is 11.8 Å². The lowest BCUT2D eigenvalue weighted by Gasteiger charge is -2.19. The van der Waals surface area contributed by atoms with Crippen LogP contribution in [0, 0.1) is 0 Å². The van der Waals surface area contributed by atoms with Gasteiger partial charge in [-0.25, -0.2) is 0 Å². The van der Waals surface area contributed by atoms with Gasteiger partial charge in [-0.1, -0.05) is 75.4 Å². The fraction of sp³-hybridized carbons (Fsp3) is 0.188. The molecule has 0 saturated heterocycles. The Morgan fingerprint density at radius 3 is 1.78 bits per heavy atom. The van der Waals surface area contributed by atoms with Crippen molar-refractivity contribution in [2.75, 3.05) is 10.6 Å². The van der Waals surface area contributed by atoms with E-state index >= 15 is 0 Å². The van der Waals surface area contributed by atoms with Crippen LogP contribution in [0.15, 0.2) is 103 Å². The molecule has 0 bridgehead atoms. The van der Waals surface area contributed by atoms with E-state index < -0.39 is 6.10 Å². The van der Waals surface area contributed by atoms with Gasteiger partial charge in [0, 0.05) is 16.9 Å². The lowest BCUT2D eigenvalue weighted by Crippen LogP contribution is -2.30. The predicted octanol–water partition coefficient (Wildman–Crippen LogP) is 7.31. The van der Waals surface area contributed by atoms with Gasteiger partial charge in [-0.3, -0.25) is 9.59 Å². The molecule has 188 valence electrons. The largest absolute Gasteiger partial charge is 0.481 e. The van der Waals surface area contributed by atoms with Crippen molar-refractivity contribution in [3.05, 3.63) is 114 Å². The highest BCUT2D eigenvalue weighted by Crippen LogP contribution is 2.24. The molecule has 4 aromatic rings. The van der Waals surface area contributed by atoms with Crippen LogP contribution in [0.25, 0.3) is 11.1 Å². The van der Waals surface area contributed by atoms with Crippen molar-refractivity contribution in [2.45, 2.75) is 39.2 Å². The van der Waals surface area contributed by atoms with E-state index in [1.54, 1.807) is 31.2 Å². The van der Waals surface area contributed by atoms with Crippen molar-refractivity contribution in [3.63, 3.8) is 0 Å². The van der Waals surface area contributed by atoms with Gasteiger partial charge in [0.1, 0.15) is 5.75 Å². The Bertz CT molecular complexity index is 1340. The second-order valence-electron chi connectivity index (χ2n) is 10.00. The smallest absolute Gasteiger partial charge is 0.265 e. The molecule has 0 aliphatic heterocycles. The van der Waals surface area contributed by atoms with Crippen molar-refractivity contribution in [1.29, 1.82) is 0 Å². The molecule has 2 N–H and O–H groups in total. The maximum Gasteiger partial charge on any atom is 0.265 e. The number of ether oxygens (including phenoxy) is 1. The maximum atomic E-state index is 12.6. The number of anilines is 2. The first-order valence-corrected chi connectivity index (χ1v) is 12.3. The molecule has 1 unspecified atom stereocenters. The zero-order valence-electron chi connectivity index (χ0n) is 21.6. The summed E-state index contributed by atoms with van der Waals surface area (Å²) in [6, 6.07) is 32.4. The van der Waals surface area contributed by atoms with Crippen LogP contribution in [0.4, 0.5) is 11.4 Å². The van der Waals surface area contributed by atoms with Gasteiger partial charge >= 0.3 is 0 Å². The van der Waals surface area contributed by atoms with E-state index in [1.807, 2.05) is 78.9 Å². The van der Waals surface area contributed by atoms with Crippen molar-refractivity contribution in [2.24, 2.45) is 0 Å². The second-order valence-corrected chi connectivity index (χ2v) is 10.00. The normalized spacial score (nSPS) is 11.9. The fourth-order valence-electron chi connectivity index (χ4n) is 3.82. The topological polar surface area (TPSA) is 67.4 Å². The minimum Gasteiger partial charge on any atom is -0.481 e. The molecule has 0 aliphatic carbocycles. The summed E-state index contributed by atoms with van der Waals surface area (Å²) in [6.07, 6.45) is -0.682. The molecule has 4 rings (SSSR count). The van der Waals surface area contributed by atoms with Gasteiger partial charge in [0.15, 0.2) is 6.10 Å². The summed E-state index contributed by atoms with van der Waals surface area (Å²) in [6.45, 7) is 8.12. The van der Waals surface area contributed by atoms with Crippen molar-refractivity contribution < 1.29 is 14.3 Å². The van der Waals surface area contributed by atoms with Gasteiger partial charge in [-0.05, 0) is 77.6 Å². The van der Waals surface area contributed by atoms with Crippen LogP contribution in [0.2, 0.25) is 0 Å². The van der Waals surface area contributed by atoms with E-state index in [4.69, 9.17) is 4.74 Å². The molecule has 0 spiro atoms. The van der Waals surface area contributed by atoms with E-state index in [0.29, 0.717) is 22.7 Å². The lowest BCUT2D eigenvalue weighted by molar-refractivity contribution is -0.122. The Morgan fingerprint density at radius 1 is 0.676 bits per heavy atom. The molecule has 0 heterocycles. The van der Waals surface area contributed by atoms with Crippen LogP contribution in [0.5, 0.6) is 5.75 Å². The second kappa shape index (κ2) is 11.1. The van der Waals surface area contributed by atoms with Gasteiger partial charge in [0.2, 0.25) is 0 Å². The molecular formula is C32H32N2O3. The summed E-state index contributed by atoms with van der Waals surface area (Å²) in [5.74, 6) is 0.177. The van der Waals surface area contributed by atoms with Crippen molar-refractivity contribution in [3.8, 4) is 16.9 Å². The summed E-state index contributed by atoms with van der Waals surface area (Å²) in [7, 11) is 0. The molecule has 4 aromatic carbocycles. The number of rotatable bonds is 7. The third-order valence-electron chi connectivity index (χ3n) is 6.07. The van der Waals surface area contributed by atoms with Crippen LogP contribution < -0.4 is 15.4 Å². The van der Waals surface area contributed by atoms with Crippen LogP contribution in [-0.2, 0) is 10.2 Å². The highest BCUT2D eigenvalue weighted by Gasteiger charge is 2.16. The summed E-state index contributed by atoms with van der Waals surface area (Å²) >= 11 is 0. The molecule has 5 nitrogen and oxygen atoms in total. The molecular weight excluding hydrogens is 460 g/mol. The Hall–Kier alpha value is -4.38. The molecule has 0 radical (unpaired) electrons. The molecule has 0 saturated carbocycles. The van der Waals surface area contributed by atoms with Crippen LogP contribution in [-0.4, -0.2) is 17.9 Å². The Balaban J connectivity index is 1.30. The average molecular weight is 493 g/mol. The van der Waals surface area contributed by atoms with E-state index in [-0.39, 0.29) is 17.2 Å². The number of nitrogens with one attached hydrogen (secondary N) is 2. The Morgan fingerprint density at radius 2 is 1.22 bits per heavy atom. The van der Waals surface area contributed by atoms with Gasteiger partial charge in [-0.15, -0.1) is 0 Å². The summed E-state index contributed by atoms with van der Waals surface area (Å²) in [5.41, 5.74) is 5.26. The summed E-state index contributed by atoms with van der Waals surface area (Å²) < 4.78 is 5.82. The Kier molecular flexibility index (Phi) is 7.73. The minimum absolute atomic E-state index is 0.0325. The van der Waals surface area contributed by atoms with Crippen molar-refractivity contribution in [1.82, 2.24) is 0 Å². The first-order chi connectivity index (χ1) is 17.7. The molecule has 0 aromatic heterocycles. The standard InChI is InChI=1S/C32H32N2O3/c1-22(37-29-20-12-24(13-21-29)23-8-6-5-7-9-23)30(35)33-27-16-18-28(19-17-27)34-31(36)25-10-14-26(15-11-25)32(2,3)4/h5-22H,1-4H3,(H,33,35)(H,34,36). The van der Waals surface area contributed by atoms with Crippen LogP contribution >= 0.6 is 0 Å². The van der Waals surface area contributed by atoms with Gasteiger partial charge in [-0.2, -0.15) is 0 Å². The lowest BCUT2D eigenvalue weighted by atomic mass is 9.87. The van der Waals surface area contributed by atoms with E-state index in [0.717, 1.165) is 11.1 Å². The van der Waals surface area contributed by atoms with E-state index in [1.165, 1.54) is 5.56 Å². The minimum atomic E-state index is -0.682. The number of carbonyl (C=O) groups is 2. The Labute approximate surface area is 218 Å². The third kappa shape index (κ3) is 6.85. The molecule has 1 atom stereocenters. The number of benzene rings is 4. The van der Waals surface area contributed by atoms with Gasteiger partial charge in [0.05, 0.1) is 0 Å². The first-order valence-electron chi connectivity index (χ1n) is 12.3. The number of amides is 2. The van der Waals surface area contributed by atoms with E-state index in [9.17, 15) is 9.59 Å². The zero-order valence-corrected chi connectivity index (χ0v) is 21.6. The predicted molar refractivity (Wildman–Crippen MR) is 150 cm³/mol. The fourth-order valence-corrected chi connectivity index (χ4v) is 3.82. The molecule has 37 heavy (non-hydrogen) atoms. The number of carbonyl (C=O) groups excluding carboxylic acids is 2. The molecule has 2 amide bonds. The third-order valence-corrected chi connectivity index (χ3v) is 6.07. The first kappa shape index (κ1) is 25.7. The maximum absolute atomic E-state index is 12.6. The highest BCUT2D eigenvalue weighted by atomic mass is 16.5. The summed E-state index contributed by atoms with van der Waals surface area (Å²) in [5, 5.41) is 5.75. The van der Waals surface area contributed by atoms with Gasteiger partial charge < -0.3 is 15.4 Å². The molecule has 0 aliphatic rings. The van der Waals surface area contributed by atoms with Crippen molar-refractivity contribution >= 4 is 23.2 Å². The van der Waals surface area contributed by atoms with Crippen LogP contribution in [0.3, 0.4) is 0 Å². The molecule has 0 fully saturated rings. The zero-order chi connectivity index (χ0) is 26.4. The summed E-state index contributed by atoms with van der Waals surface area (Å²) in [4.78, 5) is 25.2. The highest BCUT2D eigenvalue weighted by molar-refractivity contribution is 6.04. The number of hydrogen-bond acceptors (Lipinski definition) is 3. The van der Waals surface area contributed by atoms with Crippen LogP contribution in [0.1, 0.15) is 43.6 Å².